The van der Waals surface area contributed by atoms with Crippen LogP contribution >= 0.6 is 0 Å². The van der Waals surface area contributed by atoms with Crippen LogP contribution in [0.25, 0.3) is 21.8 Å². The highest BCUT2D eigenvalue weighted by Crippen LogP contribution is 2.29. The summed E-state index contributed by atoms with van der Waals surface area (Å²) in [5.74, 6) is -3.23. The summed E-state index contributed by atoms with van der Waals surface area (Å²) in [5, 5.41) is 20.3. The minimum absolute atomic E-state index is 0.0819. The molecule has 0 saturated carbocycles. The Balaban J connectivity index is 1.62. The maximum atomic E-state index is 13.2. The molecule has 3 N–H and O–H groups in total. The topological polar surface area (TPSA) is 125 Å². The SMILES string of the molecule is O=C(O)c1ccccc1C(=O)c1ccc2[nH]c3ccc(C(=O)c4ccccc4C(=O)O)cc3c2c1. The van der Waals surface area contributed by atoms with E-state index in [9.17, 15) is 29.4 Å². The number of aromatic amines is 1. The van der Waals surface area contributed by atoms with Crippen molar-refractivity contribution in [3.05, 3.63) is 118 Å². The largest absolute Gasteiger partial charge is 0.478 e. The van der Waals surface area contributed by atoms with Gasteiger partial charge in [-0.05, 0) is 48.5 Å². The van der Waals surface area contributed by atoms with Gasteiger partial charge in [0.25, 0.3) is 0 Å². The van der Waals surface area contributed by atoms with E-state index in [1.165, 1.54) is 24.3 Å². The molecule has 5 rings (SSSR count). The Morgan fingerprint density at radius 2 is 0.886 bits per heavy atom. The van der Waals surface area contributed by atoms with E-state index in [0.717, 1.165) is 11.0 Å². The summed E-state index contributed by atoms with van der Waals surface area (Å²) >= 11 is 0. The molecule has 5 aromatic rings. The third-order valence-corrected chi connectivity index (χ3v) is 5.93. The number of rotatable bonds is 6. The normalized spacial score (nSPS) is 11.0. The zero-order valence-electron chi connectivity index (χ0n) is 18.1. The van der Waals surface area contributed by atoms with Gasteiger partial charge in [-0.2, -0.15) is 0 Å². The smallest absolute Gasteiger partial charge is 0.336 e. The number of carboxylic acid groups (broad SMARTS) is 2. The first-order chi connectivity index (χ1) is 16.8. The molecule has 0 atom stereocenters. The van der Waals surface area contributed by atoms with Gasteiger partial charge in [0, 0.05) is 44.1 Å². The minimum Gasteiger partial charge on any atom is -0.478 e. The van der Waals surface area contributed by atoms with Gasteiger partial charge >= 0.3 is 11.9 Å². The summed E-state index contributed by atoms with van der Waals surface area (Å²) in [5.41, 5.74) is 2.08. The summed E-state index contributed by atoms with van der Waals surface area (Å²) in [4.78, 5) is 52.7. The predicted molar refractivity (Wildman–Crippen MR) is 129 cm³/mol. The second-order valence-electron chi connectivity index (χ2n) is 8.01. The van der Waals surface area contributed by atoms with Crippen LogP contribution in [0.3, 0.4) is 0 Å². The van der Waals surface area contributed by atoms with Gasteiger partial charge in [-0.25, -0.2) is 9.59 Å². The molecule has 1 aromatic heterocycles. The number of benzene rings is 4. The number of aromatic carboxylic acids is 2. The molecule has 0 bridgehead atoms. The molecule has 7 heteroatoms. The van der Waals surface area contributed by atoms with Crippen LogP contribution in [0.1, 0.15) is 52.6 Å². The first kappa shape index (κ1) is 21.8. The van der Waals surface area contributed by atoms with E-state index in [1.54, 1.807) is 60.7 Å². The molecule has 0 aliphatic heterocycles. The molecule has 0 saturated heterocycles. The summed E-state index contributed by atoms with van der Waals surface area (Å²) < 4.78 is 0. The molecule has 0 fully saturated rings. The van der Waals surface area contributed by atoms with Crippen molar-refractivity contribution >= 4 is 45.3 Å². The Morgan fingerprint density at radius 1 is 0.514 bits per heavy atom. The summed E-state index contributed by atoms with van der Waals surface area (Å²) in [6.45, 7) is 0. The van der Waals surface area contributed by atoms with Crippen LogP contribution in [0, 0.1) is 0 Å². The second kappa shape index (κ2) is 8.39. The molecule has 0 spiro atoms. The van der Waals surface area contributed by atoms with Gasteiger partial charge in [-0.1, -0.05) is 36.4 Å². The highest BCUT2D eigenvalue weighted by Gasteiger charge is 2.20. The first-order valence-corrected chi connectivity index (χ1v) is 10.6. The summed E-state index contributed by atoms with van der Waals surface area (Å²) in [7, 11) is 0. The number of fused-ring (bicyclic) bond motifs is 3. The third kappa shape index (κ3) is 3.75. The molecule has 0 unspecified atom stereocenters. The fourth-order valence-corrected chi connectivity index (χ4v) is 4.23. The van der Waals surface area contributed by atoms with Crippen molar-refractivity contribution in [2.45, 2.75) is 0 Å². The number of carboxylic acids is 2. The van der Waals surface area contributed by atoms with E-state index < -0.39 is 23.5 Å². The summed E-state index contributed by atoms with van der Waals surface area (Å²) in [6.07, 6.45) is 0. The lowest BCUT2D eigenvalue weighted by molar-refractivity contribution is 0.0683. The number of ketones is 2. The van der Waals surface area contributed by atoms with E-state index in [4.69, 9.17) is 0 Å². The summed E-state index contributed by atoms with van der Waals surface area (Å²) in [6, 6.07) is 22.1. The number of aromatic nitrogens is 1. The zero-order chi connectivity index (χ0) is 24.7. The molecule has 0 amide bonds. The molecule has 0 aliphatic carbocycles. The minimum atomic E-state index is -1.19. The molecular weight excluding hydrogens is 446 g/mol. The lowest BCUT2D eigenvalue weighted by atomic mass is 9.95. The van der Waals surface area contributed by atoms with Gasteiger partial charge < -0.3 is 15.2 Å². The van der Waals surface area contributed by atoms with Crippen LogP contribution in [0.15, 0.2) is 84.9 Å². The number of carbonyl (C=O) groups excluding carboxylic acids is 2. The Bertz CT molecular complexity index is 1570. The zero-order valence-corrected chi connectivity index (χ0v) is 18.1. The van der Waals surface area contributed by atoms with Crippen molar-refractivity contribution < 1.29 is 29.4 Å². The molecule has 0 radical (unpaired) electrons. The van der Waals surface area contributed by atoms with Gasteiger partial charge in [0.05, 0.1) is 11.1 Å². The van der Waals surface area contributed by atoms with Crippen LogP contribution in [0.4, 0.5) is 0 Å². The quantitative estimate of drug-likeness (QED) is 0.298. The molecule has 170 valence electrons. The van der Waals surface area contributed by atoms with Crippen molar-refractivity contribution in [2.75, 3.05) is 0 Å². The lowest BCUT2D eigenvalue weighted by Crippen LogP contribution is -2.09. The standard InChI is InChI=1S/C28H17NO6/c30-25(17-5-1-3-7-19(17)27(32)33)15-9-11-23-21(13-15)22-14-16(10-12-24(22)29-23)26(31)18-6-2-4-8-20(18)28(34)35/h1-14,29H,(H,32,33)(H,34,35). The van der Waals surface area contributed by atoms with Crippen LogP contribution in [-0.2, 0) is 0 Å². The van der Waals surface area contributed by atoms with Gasteiger partial charge in [-0.3, -0.25) is 9.59 Å². The van der Waals surface area contributed by atoms with E-state index >= 15 is 0 Å². The fourth-order valence-electron chi connectivity index (χ4n) is 4.23. The molecule has 35 heavy (non-hydrogen) atoms. The fraction of sp³-hybridized carbons (Fsp3) is 0. The molecular formula is C28H17NO6. The Hall–Kier alpha value is -5.04. The van der Waals surface area contributed by atoms with Gasteiger partial charge in [0.2, 0.25) is 0 Å². The Morgan fingerprint density at radius 3 is 1.26 bits per heavy atom. The molecule has 1 heterocycles. The van der Waals surface area contributed by atoms with Crippen molar-refractivity contribution in [3.63, 3.8) is 0 Å². The van der Waals surface area contributed by atoms with Crippen LogP contribution < -0.4 is 0 Å². The van der Waals surface area contributed by atoms with Crippen LogP contribution in [0.5, 0.6) is 0 Å². The average Bonchev–Trinajstić information content (AvgIpc) is 3.24. The Labute approximate surface area is 198 Å². The van der Waals surface area contributed by atoms with E-state index in [-0.39, 0.29) is 22.3 Å². The van der Waals surface area contributed by atoms with Crippen molar-refractivity contribution in [1.82, 2.24) is 4.98 Å². The monoisotopic (exact) mass is 463 g/mol. The van der Waals surface area contributed by atoms with Gasteiger partial charge in [0.15, 0.2) is 11.6 Å². The van der Waals surface area contributed by atoms with E-state index in [0.29, 0.717) is 21.9 Å². The van der Waals surface area contributed by atoms with E-state index in [1.807, 2.05) is 0 Å². The van der Waals surface area contributed by atoms with Gasteiger partial charge in [0.1, 0.15) is 0 Å². The first-order valence-electron chi connectivity index (χ1n) is 10.6. The highest BCUT2D eigenvalue weighted by molar-refractivity contribution is 6.19. The lowest BCUT2D eigenvalue weighted by Gasteiger charge is -2.06. The van der Waals surface area contributed by atoms with Crippen LogP contribution in [0.2, 0.25) is 0 Å². The number of H-pyrrole nitrogens is 1. The van der Waals surface area contributed by atoms with Crippen molar-refractivity contribution in [1.29, 1.82) is 0 Å². The number of hydrogen-bond donors (Lipinski definition) is 3. The third-order valence-electron chi connectivity index (χ3n) is 5.93. The predicted octanol–water partition coefficient (Wildman–Crippen LogP) is 5.18. The number of carbonyl (C=O) groups is 4. The average molecular weight is 463 g/mol. The molecule has 7 nitrogen and oxygen atoms in total. The number of nitrogens with one attached hydrogen (secondary N) is 1. The number of hydrogen-bond acceptors (Lipinski definition) is 4. The molecule has 0 aliphatic rings. The maximum Gasteiger partial charge on any atom is 0.336 e. The van der Waals surface area contributed by atoms with Crippen LogP contribution in [-0.4, -0.2) is 38.7 Å². The van der Waals surface area contributed by atoms with Crippen molar-refractivity contribution in [3.8, 4) is 0 Å². The van der Waals surface area contributed by atoms with E-state index in [2.05, 4.69) is 4.98 Å². The van der Waals surface area contributed by atoms with Crippen molar-refractivity contribution in [2.24, 2.45) is 0 Å². The second-order valence-corrected chi connectivity index (χ2v) is 8.01. The highest BCUT2D eigenvalue weighted by atomic mass is 16.4. The molecule has 4 aromatic carbocycles. The Kier molecular flexibility index (Phi) is 5.22. The van der Waals surface area contributed by atoms with Gasteiger partial charge in [-0.15, -0.1) is 0 Å². The maximum absolute atomic E-state index is 13.2.